The van der Waals surface area contributed by atoms with Crippen molar-refractivity contribution in [2.45, 2.75) is 52.2 Å². The summed E-state index contributed by atoms with van der Waals surface area (Å²) in [6.07, 6.45) is 1.04. The van der Waals surface area contributed by atoms with E-state index in [0.717, 1.165) is 22.6 Å². The van der Waals surface area contributed by atoms with Crippen LogP contribution in [-0.2, 0) is 22.7 Å². The number of hydrogen-bond acceptors (Lipinski definition) is 4. The quantitative estimate of drug-likeness (QED) is 0.642. The van der Waals surface area contributed by atoms with Crippen molar-refractivity contribution >= 4 is 11.8 Å². The van der Waals surface area contributed by atoms with Gasteiger partial charge in [-0.1, -0.05) is 38.1 Å². The Morgan fingerprint density at radius 1 is 0.867 bits per heavy atom. The normalized spacial score (nSPS) is 11.0. The van der Waals surface area contributed by atoms with Crippen molar-refractivity contribution in [1.82, 2.24) is 10.2 Å². The molecule has 2 aromatic carbocycles. The average Bonchev–Trinajstić information content (AvgIpc) is 2.78. The molecule has 0 saturated heterocycles. The van der Waals surface area contributed by atoms with Gasteiger partial charge in [0.05, 0.1) is 14.2 Å². The van der Waals surface area contributed by atoms with Crippen LogP contribution in [0.2, 0.25) is 0 Å². The monoisotopic (exact) mass is 412 g/mol. The maximum Gasteiger partial charge on any atom is 0.246 e. The zero-order valence-electron chi connectivity index (χ0n) is 18.5. The third-order valence-electron chi connectivity index (χ3n) is 5.60. The summed E-state index contributed by atoms with van der Waals surface area (Å²) >= 11 is 0. The van der Waals surface area contributed by atoms with Crippen molar-refractivity contribution in [3.63, 3.8) is 0 Å². The van der Waals surface area contributed by atoms with Crippen LogP contribution in [0.25, 0.3) is 0 Å². The van der Waals surface area contributed by atoms with Gasteiger partial charge in [-0.15, -0.1) is 0 Å². The van der Waals surface area contributed by atoms with Crippen molar-refractivity contribution in [2.24, 2.45) is 0 Å². The fourth-order valence-electron chi connectivity index (χ4n) is 3.64. The molecule has 6 heteroatoms. The third-order valence-corrected chi connectivity index (χ3v) is 5.60. The molecule has 2 amide bonds. The number of carbonyl (C=O) groups is 2. The van der Waals surface area contributed by atoms with Crippen LogP contribution in [0.1, 0.15) is 44.7 Å². The van der Waals surface area contributed by atoms with E-state index in [1.807, 2.05) is 62.4 Å². The molecule has 0 atom stereocenters. The molecular formula is C24H32N2O4. The minimum Gasteiger partial charge on any atom is -0.497 e. The molecule has 0 aliphatic rings. The highest BCUT2D eigenvalue weighted by molar-refractivity contribution is 5.90. The van der Waals surface area contributed by atoms with E-state index in [9.17, 15) is 9.59 Å². The van der Waals surface area contributed by atoms with E-state index in [1.54, 1.807) is 19.1 Å². The van der Waals surface area contributed by atoms with E-state index in [2.05, 4.69) is 5.32 Å². The number of amides is 2. The first-order valence-corrected chi connectivity index (χ1v) is 10.2. The summed E-state index contributed by atoms with van der Waals surface area (Å²) in [6, 6.07) is 15.1. The number of benzene rings is 2. The van der Waals surface area contributed by atoms with Crippen LogP contribution in [-0.4, -0.2) is 36.5 Å². The molecule has 0 heterocycles. The lowest BCUT2D eigenvalue weighted by Crippen LogP contribution is -2.59. The van der Waals surface area contributed by atoms with Gasteiger partial charge in [-0.3, -0.25) is 9.59 Å². The Kier molecular flexibility index (Phi) is 8.27. The lowest BCUT2D eigenvalue weighted by molar-refractivity contribution is -0.148. The number of rotatable bonds is 10. The molecule has 0 aromatic heterocycles. The summed E-state index contributed by atoms with van der Waals surface area (Å²) in [7, 11) is 3.23. The molecule has 1 N–H and O–H groups in total. The summed E-state index contributed by atoms with van der Waals surface area (Å²) in [6.45, 7) is 6.15. The van der Waals surface area contributed by atoms with Crippen molar-refractivity contribution in [3.8, 4) is 11.5 Å². The molecule has 0 aliphatic heterocycles. The van der Waals surface area contributed by atoms with E-state index in [0.29, 0.717) is 25.9 Å². The number of ether oxygens (including phenoxy) is 2. The fraction of sp³-hybridized carbons (Fsp3) is 0.417. The SMILES string of the molecule is CCC(CC)(C(=O)NCc1ccc(OC)cc1)N(Cc1ccc(OC)cc1)C(C)=O. The zero-order chi connectivity index (χ0) is 22.1. The Balaban J connectivity index is 2.21. The second-order valence-electron chi connectivity index (χ2n) is 7.22. The van der Waals surface area contributed by atoms with Gasteiger partial charge in [0.15, 0.2) is 0 Å². The predicted octanol–water partition coefficient (Wildman–Crippen LogP) is 3.93. The van der Waals surface area contributed by atoms with E-state index < -0.39 is 5.54 Å². The summed E-state index contributed by atoms with van der Waals surface area (Å²) in [5, 5.41) is 3.02. The Bertz CT molecular complexity index is 827. The van der Waals surface area contributed by atoms with Crippen molar-refractivity contribution in [3.05, 3.63) is 59.7 Å². The second-order valence-corrected chi connectivity index (χ2v) is 7.22. The second kappa shape index (κ2) is 10.7. The van der Waals surface area contributed by atoms with Crippen LogP contribution in [0.3, 0.4) is 0 Å². The summed E-state index contributed by atoms with van der Waals surface area (Å²) < 4.78 is 10.4. The smallest absolute Gasteiger partial charge is 0.246 e. The maximum atomic E-state index is 13.3. The lowest BCUT2D eigenvalue weighted by Gasteiger charge is -2.41. The van der Waals surface area contributed by atoms with E-state index in [-0.39, 0.29) is 11.8 Å². The highest BCUT2D eigenvalue weighted by Crippen LogP contribution is 2.28. The minimum atomic E-state index is -0.918. The molecular weight excluding hydrogens is 380 g/mol. The van der Waals surface area contributed by atoms with Crippen molar-refractivity contribution in [2.75, 3.05) is 14.2 Å². The van der Waals surface area contributed by atoms with Gasteiger partial charge in [-0.05, 0) is 48.2 Å². The van der Waals surface area contributed by atoms with Crippen LogP contribution in [0, 0.1) is 0 Å². The molecule has 162 valence electrons. The van der Waals surface area contributed by atoms with Gasteiger partial charge in [0.1, 0.15) is 17.0 Å². The van der Waals surface area contributed by atoms with Gasteiger partial charge >= 0.3 is 0 Å². The molecule has 0 aliphatic carbocycles. The van der Waals surface area contributed by atoms with Gasteiger partial charge in [-0.25, -0.2) is 0 Å². The number of carbonyl (C=O) groups excluding carboxylic acids is 2. The summed E-state index contributed by atoms with van der Waals surface area (Å²) in [4.78, 5) is 27.6. The van der Waals surface area contributed by atoms with Crippen LogP contribution in [0.5, 0.6) is 11.5 Å². The molecule has 0 unspecified atom stereocenters. The molecule has 0 spiro atoms. The number of methoxy groups -OCH3 is 2. The average molecular weight is 413 g/mol. The minimum absolute atomic E-state index is 0.130. The Labute approximate surface area is 179 Å². The molecule has 2 rings (SSSR count). The zero-order valence-corrected chi connectivity index (χ0v) is 18.5. The summed E-state index contributed by atoms with van der Waals surface area (Å²) in [5.74, 6) is 1.24. The van der Waals surface area contributed by atoms with Crippen LogP contribution in [0.15, 0.2) is 48.5 Å². The summed E-state index contributed by atoms with van der Waals surface area (Å²) in [5.41, 5.74) is 0.994. The topological polar surface area (TPSA) is 67.9 Å². The molecule has 0 bridgehead atoms. The van der Waals surface area contributed by atoms with Crippen molar-refractivity contribution in [1.29, 1.82) is 0 Å². The number of nitrogens with one attached hydrogen (secondary N) is 1. The molecule has 6 nitrogen and oxygen atoms in total. The third kappa shape index (κ3) is 5.32. The number of hydrogen-bond donors (Lipinski definition) is 1. The first-order valence-electron chi connectivity index (χ1n) is 10.2. The van der Waals surface area contributed by atoms with Crippen LogP contribution >= 0.6 is 0 Å². The van der Waals surface area contributed by atoms with Gasteiger partial charge in [0.25, 0.3) is 0 Å². The van der Waals surface area contributed by atoms with E-state index in [4.69, 9.17) is 9.47 Å². The fourth-order valence-corrected chi connectivity index (χ4v) is 3.64. The van der Waals surface area contributed by atoms with Crippen LogP contribution in [0.4, 0.5) is 0 Å². The number of nitrogens with zero attached hydrogens (tertiary/aromatic N) is 1. The predicted molar refractivity (Wildman–Crippen MR) is 117 cm³/mol. The molecule has 2 aromatic rings. The highest BCUT2D eigenvalue weighted by Gasteiger charge is 2.42. The van der Waals surface area contributed by atoms with Gasteiger partial charge in [0, 0.05) is 20.0 Å². The lowest BCUT2D eigenvalue weighted by atomic mass is 9.88. The molecule has 0 radical (unpaired) electrons. The van der Waals surface area contributed by atoms with Crippen molar-refractivity contribution < 1.29 is 19.1 Å². The first kappa shape index (κ1) is 23.3. The molecule has 30 heavy (non-hydrogen) atoms. The molecule has 0 fully saturated rings. The first-order chi connectivity index (χ1) is 14.4. The Hall–Kier alpha value is -3.02. The van der Waals surface area contributed by atoms with E-state index >= 15 is 0 Å². The van der Waals surface area contributed by atoms with Crippen LogP contribution < -0.4 is 14.8 Å². The largest absolute Gasteiger partial charge is 0.497 e. The maximum absolute atomic E-state index is 13.3. The van der Waals surface area contributed by atoms with Gasteiger partial charge in [0.2, 0.25) is 11.8 Å². The Morgan fingerprint density at radius 2 is 1.33 bits per heavy atom. The Morgan fingerprint density at radius 3 is 1.73 bits per heavy atom. The highest BCUT2D eigenvalue weighted by atomic mass is 16.5. The standard InChI is InChI=1S/C24H32N2O4/c1-6-24(7-2,23(28)25-16-19-8-12-21(29-4)13-9-19)26(18(3)27)17-20-10-14-22(30-5)15-11-20/h8-15H,6-7,16-17H2,1-5H3,(H,25,28). The van der Waals surface area contributed by atoms with E-state index in [1.165, 1.54) is 6.92 Å². The van der Waals surface area contributed by atoms with Gasteiger partial charge < -0.3 is 19.7 Å². The molecule has 0 saturated carbocycles. The van der Waals surface area contributed by atoms with Gasteiger partial charge in [-0.2, -0.15) is 0 Å².